The van der Waals surface area contributed by atoms with Gasteiger partial charge in [0.2, 0.25) is 0 Å². The summed E-state index contributed by atoms with van der Waals surface area (Å²) in [5.41, 5.74) is 6.52. The van der Waals surface area contributed by atoms with Crippen LogP contribution in [0.15, 0.2) is 84.4 Å². The molecule has 0 atom stereocenters. The molecule has 3 aromatic carbocycles. The maximum Gasteiger partial charge on any atom is 0.270 e. The van der Waals surface area contributed by atoms with E-state index in [0.717, 1.165) is 29.7 Å². The highest BCUT2D eigenvalue weighted by Crippen LogP contribution is 2.41. The predicted molar refractivity (Wildman–Crippen MR) is 165 cm³/mol. The SMILES string of the molecule is CCCN1c2cc(C)c(C=C3C(=O)N(c4ccccc4)C(=S)N(c4ccccc4)C3=O)cc2C(C)=CC1(C)C. The molecule has 0 unspecified atom stereocenters. The number of thiocarbonyl (C=S) groups is 1. The molecule has 39 heavy (non-hydrogen) atoms. The molecule has 0 aliphatic carbocycles. The Bertz CT molecular complexity index is 1460. The number of allylic oxidation sites excluding steroid dienone is 1. The number of benzene rings is 3. The van der Waals surface area contributed by atoms with E-state index in [-0.39, 0.29) is 16.2 Å². The van der Waals surface area contributed by atoms with Crippen LogP contribution in [0.4, 0.5) is 17.1 Å². The zero-order valence-electron chi connectivity index (χ0n) is 23.1. The number of amides is 2. The van der Waals surface area contributed by atoms with E-state index in [4.69, 9.17) is 12.2 Å². The van der Waals surface area contributed by atoms with Gasteiger partial charge in [-0.15, -0.1) is 0 Å². The topological polar surface area (TPSA) is 43.9 Å². The maximum atomic E-state index is 13.9. The summed E-state index contributed by atoms with van der Waals surface area (Å²) in [7, 11) is 0. The Morgan fingerprint density at radius 1 is 0.846 bits per heavy atom. The summed E-state index contributed by atoms with van der Waals surface area (Å²) in [6.45, 7) is 11.8. The molecule has 3 aromatic rings. The summed E-state index contributed by atoms with van der Waals surface area (Å²) in [6.07, 6.45) is 5.06. The first-order valence-electron chi connectivity index (χ1n) is 13.3. The van der Waals surface area contributed by atoms with Gasteiger partial charge in [0.15, 0.2) is 5.11 Å². The third-order valence-corrected chi connectivity index (χ3v) is 7.76. The third kappa shape index (κ3) is 4.70. The minimum absolute atomic E-state index is 0.0718. The molecule has 0 spiro atoms. The first-order chi connectivity index (χ1) is 18.6. The number of carbonyl (C=O) groups is 2. The van der Waals surface area contributed by atoms with Gasteiger partial charge in [0, 0.05) is 17.8 Å². The van der Waals surface area contributed by atoms with E-state index >= 15 is 0 Å². The van der Waals surface area contributed by atoms with Crippen LogP contribution >= 0.6 is 12.2 Å². The van der Waals surface area contributed by atoms with Crippen molar-refractivity contribution in [3.05, 3.63) is 101 Å². The second-order valence-corrected chi connectivity index (χ2v) is 11.0. The van der Waals surface area contributed by atoms with Gasteiger partial charge in [-0.3, -0.25) is 19.4 Å². The van der Waals surface area contributed by atoms with Gasteiger partial charge in [-0.1, -0.05) is 49.4 Å². The monoisotopic (exact) mass is 535 g/mol. The molecule has 198 valence electrons. The quantitative estimate of drug-likeness (QED) is 0.198. The summed E-state index contributed by atoms with van der Waals surface area (Å²) >= 11 is 5.73. The van der Waals surface area contributed by atoms with Crippen molar-refractivity contribution < 1.29 is 9.59 Å². The fourth-order valence-corrected chi connectivity index (χ4v) is 5.90. The van der Waals surface area contributed by atoms with Crippen LogP contribution in [-0.4, -0.2) is 29.0 Å². The number of aryl methyl sites for hydroxylation is 1. The standard InChI is InChI=1S/C33H33N3O2S/c1-6-17-34-29-18-22(2)24(19-27(29)23(3)21-33(34,4)5)20-28-30(37)35(25-13-9-7-10-14-25)32(39)36(31(28)38)26-15-11-8-12-16-26/h7-16,18-21H,6,17H2,1-5H3. The molecule has 1 saturated heterocycles. The van der Waals surface area contributed by atoms with Crippen molar-refractivity contribution >= 4 is 57.9 Å². The van der Waals surface area contributed by atoms with Crippen LogP contribution in [0.5, 0.6) is 0 Å². The van der Waals surface area contributed by atoms with E-state index < -0.39 is 11.8 Å². The number of rotatable bonds is 5. The molecule has 2 aliphatic heterocycles. The molecular formula is C33H33N3O2S. The molecule has 0 N–H and O–H groups in total. The van der Waals surface area contributed by atoms with E-state index in [2.05, 4.69) is 50.8 Å². The third-order valence-electron chi connectivity index (χ3n) is 7.39. The Hall–Kier alpha value is -4.03. The molecule has 2 aliphatic rings. The number of para-hydroxylation sites is 2. The first-order valence-corrected chi connectivity index (χ1v) is 13.7. The smallest absolute Gasteiger partial charge is 0.270 e. The van der Waals surface area contributed by atoms with Crippen LogP contribution in [0.2, 0.25) is 0 Å². The zero-order valence-corrected chi connectivity index (χ0v) is 23.9. The number of nitrogens with zero attached hydrogens (tertiary/aromatic N) is 3. The Kier molecular flexibility index (Phi) is 7.00. The normalized spacial score (nSPS) is 16.8. The molecule has 2 amide bonds. The van der Waals surface area contributed by atoms with Gasteiger partial charge in [0.1, 0.15) is 5.57 Å². The lowest BCUT2D eigenvalue weighted by Gasteiger charge is -2.43. The molecule has 6 heteroatoms. The number of fused-ring (bicyclic) bond motifs is 1. The van der Waals surface area contributed by atoms with Crippen molar-refractivity contribution in [3.63, 3.8) is 0 Å². The fraction of sp³-hybridized carbons (Fsp3) is 0.242. The first kappa shape index (κ1) is 26.6. The lowest BCUT2D eigenvalue weighted by Crippen LogP contribution is -2.56. The fourth-order valence-electron chi connectivity index (χ4n) is 5.53. The van der Waals surface area contributed by atoms with Gasteiger partial charge >= 0.3 is 0 Å². The van der Waals surface area contributed by atoms with E-state index in [1.165, 1.54) is 21.1 Å². The van der Waals surface area contributed by atoms with Gasteiger partial charge in [-0.05, 0) is 106 Å². The lowest BCUT2D eigenvalue weighted by molar-refractivity contribution is -0.120. The van der Waals surface area contributed by atoms with Crippen LogP contribution in [0.25, 0.3) is 11.6 Å². The van der Waals surface area contributed by atoms with Crippen molar-refractivity contribution in [2.75, 3.05) is 21.2 Å². The maximum absolute atomic E-state index is 13.9. The molecule has 5 nitrogen and oxygen atoms in total. The Morgan fingerprint density at radius 3 is 1.90 bits per heavy atom. The van der Waals surface area contributed by atoms with Crippen LogP contribution in [0, 0.1) is 6.92 Å². The molecule has 0 saturated carbocycles. The van der Waals surface area contributed by atoms with Crippen molar-refractivity contribution in [2.24, 2.45) is 0 Å². The largest absolute Gasteiger partial charge is 0.362 e. The Morgan fingerprint density at radius 2 is 1.38 bits per heavy atom. The van der Waals surface area contributed by atoms with Crippen LogP contribution in [0.3, 0.4) is 0 Å². The molecular weight excluding hydrogens is 502 g/mol. The Labute approximate surface area is 236 Å². The van der Waals surface area contributed by atoms with Gasteiger partial charge in [0.25, 0.3) is 11.8 Å². The number of hydrogen-bond donors (Lipinski definition) is 0. The molecule has 0 bridgehead atoms. The van der Waals surface area contributed by atoms with Crippen molar-refractivity contribution in [2.45, 2.75) is 46.6 Å². The number of carbonyl (C=O) groups excluding carboxylic acids is 2. The van der Waals surface area contributed by atoms with E-state index in [0.29, 0.717) is 11.4 Å². The summed E-state index contributed by atoms with van der Waals surface area (Å²) in [5, 5.41) is 0.137. The van der Waals surface area contributed by atoms with Gasteiger partial charge in [-0.2, -0.15) is 0 Å². The summed E-state index contributed by atoms with van der Waals surface area (Å²) in [6, 6.07) is 22.7. The summed E-state index contributed by atoms with van der Waals surface area (Å²) < 4.78 is 0. The molecule has 5 rings (SSSR count). The predicted octanol–water partition coefficient (Wildman–Crippen LogP) is 7.16. The van der Waals surface area contributed by atoms with Crippen molar-refractivity contribution in [1.29, 1.82) is 0 Å². The molecule has 0 radical (unpaired) electrons. The Balaban J connectivity index is 1.66. The van der Waals surface area contributed by atoms with Gasteiger partial charge < -0.3 is 4.90 Å². The average molecular weight is 536 g/mol. The second kappa shape index (κ2) is 10.3. The average Bonchev–Trinajstić information content (AvgIpc) is 2.90. The minimum Gasteiger partial charge on any atom is -0.362 e. The summed E-state index contributed by atoms with van der Waals surface area (Å²) in [5.74, 6) is -0.858. The highest BCUT2D eigenvalue weighted by atomic mass is 32.1. The lowest BCUT2D eigenvalue weighted by atomic mass is 9.86. The van der Waals surface area contributed by atoms with Crippen molar-refractivity contribution in [1.82, 2.24) is 0 Å². The van der Waals surface area contributed by atoms with E-state index in [1.54, 1.807) is 6.08 Å². The highest BCUT2D eigenvalue weighted by Gasteiger charge is 2.41. The highest BCUT2D eigenvalue weighted by molar-refractivity contribution is 7.81. The molecule has 2 heterocycles. The summed E-state index contributed by atoms with van der Waals surface area (Å²) in [4.78, 5) is 33.2. The number of anilines is 3. The van der Waals surface area contributed by atoms with Gasteiger partial charge in [0.05, 0.1) is 16.9 Å². The van der Waals surface area contributed by atoms with Crippen LogP contribution < -0.4 is 14.7 Å². The van der Waals surface area contributed by atoms with E-state index in [9.17, 15) is 9.59 Å². The number of hydrogen-bond acceptors (Lipinski definition) is 4. The van der Waals surface area contributed by atoms with Crippen molar-refractivity contribution in [3.8, 4) is 0 Å². The second-order valence-electron chi connectivity index (χ2n) is 10.7. The van der Waals surface area contributed by atoms with E-state index in [1.807, 2.05) is 67.6 Å². The van der Waals surface area contributed by atoms with Crippen LogP contribution in [-0.2, 0) is 9.59 Å². The molecule has 1 fully saturated rings. The zero-order chi connectivity index (χ0) is 27.9. The van der Waals surface area contributed by atoms with Gasteiger partial charge in [-0.25, -0.2) is 0 Å². The van der Waals surface area contributed by atoms with Crippen LogP contribution in [0.1, 0.15) is 50.8 Å². The molecule has 0 aromatic heterocycles. The minimum atomic E-state index is -0.429.